The summed E-state index contributed by atoms with van der Waals surface area (Å²) in [6.07, 6.45) is 4.22. The number of ether oxygens (including phenoxy) is 1. The summed E-state index contributed by atoms with van der Waals surface area (Å²) >= 11 is 1.33. The first-order valence-corrected chi connectivity index (χ1v) is 15.5. The quantitative estimate of drug-likeness (QED) is 0.210. The molecular weight excluding hydrogens is 586 g/mol. The Morgan fingerprint density at radius 1 is 1.14 bits per heavy atom. The second-order valence-electron chi connectivity index (χ2n) is 10.6. The standard InChI is InChI=1S/C31H33N5O7S/c1-44-27-14-29(40)36(30(27)41)10-8-28(39)34-18-6-7-22-20-4-2-3-5-21(20)24(23(22)12-18)16-43-31(42)35-25(26(38)9-11-37)13-19-15-32-17-33-19/h2-7,12,15,17,24-25,27,37H,8-11,13-14,16H2,1H3,(H,32,33)(H,34,39)(H,35,42). The number of thioether (sulfide) groups is 1. The number of ketones is 1. The molecule has 1 fully saturated rings. The van der Waals surface area contributed by atoms with E-state index in [0.29, 0.717) is 11.4 Å². The van der Waals surface area contributed by atoms with E-state index in [1.54, 1.807) is 18.5 Å². The minimum Gasteiger partial charge on any atom is -0.449 e. The van der Waals surface area contributed by atoms with E-state index in [-0.39, 0.29) is 74.9 Å². The molecule has 1 aliphatic carbocycles. The fraction of sp³-hybridized carbons (Fsp3) is 0.355. The number of nitrogens with zero attached hydrogens (tertiary/aromatic N) is 2. The number of nitrogens with one attached hydrogen (secondary N) is 3. The number of hydrogen-bond acceptors (Lipinski definition) is 9. The third-order valence-corrected chi connectivity index (χ3v) is 8.72. The van der Waals surface area contributed by atoms with E-state index in [9.17, 15) is 29.1 Å². The SMILES string of the molecule is CSC1CC(=O)N(CCC(=O)Nc2ccc3c(c2)C(COC(=O)NC(Cc2cnc[nH]2)C(=O)CCO)c2ccccc2-3)C1=O. The molecule has 0 bridgehead atoms. The Morgan fingerprint density at radius 3 is 2.66 bits per heavy atom. The van der Waals surface area contributed by atoms with Crippen LogP contribution in [0.5, 0.6) is 0 Å². The highest BCUT2D eigenvalue weighted by atomic mass is 32.2. The molecule has 4 N–H and O–H groups in total. The molecule has 44 heavy (non-hydrogen) atoms. The van der Waals surface area contributed by atoms with Crippen molar-refractivity contribution in [3.63, 3.8) is 0 Å². The molecule has 1 saturated heterocycles. The van der Waals surface area contributed by atoms with Crippen molar-refractivity contribution in [2.24, 2.45) is 0 Å². The number of amides is 4. The molecule has 2 heterocycles. The summed E-state index contributed by atoms with van der Waals surface area (Å²) in [4.78, 5) is 70.8. The van der Waals surface area contributed by atoms with Gasteiger partial charge in [0.1, 0.15) is 6.61 Å². The maximum Gasteiger partial charge on any atom is 0.407 e. The number of carbonyl (C=O) groups is 5. The zero-order chi connectivity index (χ0) is 31.2. The summed E-state index contributed by atoms with van der Waals surface area (Å²) in [5.74, 6) is -1.53. The predicted octanol–water partition coefficient (Wildman–Crippen LogP) is 2.63. The van der Waals surface area contributed by atoms with Crippen molar-refractivity contribution in [1.29, 1.82) is 0 Å². The van der Waals surface area contributed by atoms with Crippen LogP contribution in [0.2, 0.25) is 0 Å². The largest absolute Gasteiger partial charge is 0.449 e. The van der Waals surface area contributed by atoms with Gasteiger partial charge in [0, 0.05) is 55.7 Å². The molecular formula is C31H33N5O7S. The molecule has 0 spiro atoms. The Kier molecular flexibility index (Phi) is 9.75. The van der Waals surface area contributed by atoms with Crippen molar-refractivity contribution in [2.45, 2.75) is 42.9 Å². The van der Waals surface area contributed by atoms with Crippen LogP contribution in [0.15, 0.2) is 55.0 Å². The zero-order valence-corrected chi connectivity index (χ0v) is 24.9. The minimum absolute atomic E-state index is 0.0185. The number of rotatable bonds is 13. The van der Waals surface area contributed by atoms with E-state index < -0.39 is 17.4 Å². The molecule has 1 aromatic heterocycles. The number of aliphatic hydroxyl groups is 1. The number of benzene rings is 2. The Balaban J connectivity index is 1.24. The lowest BCUT2D eigenvalue weighted by Gasteiger charge is -2.19. The number of imidazole rings is 1. The van der Waals surface area contributed by atoms with Crippen molar-refractivity contribution in [2.75, 3.05) is 31.3 Å². The molecule has 230 valence electrons. The van der Waals surface area contributed by atoms with Gasteiger partial charge in [-0.25, -0.2) is 9.78 Å². The van der Waals surface area contributed by atoms with Crippen LogP contribution >= 0.6 is 11.8 Å². The molecule has 0 saturated carbocycles. The average Bonchev–Trinajstić information content (AvgIpc) is 3.71. The zero-order valence-electron chi connectivity index (χ0n) is 24.1. The number of imide groups is 1. The molecule has 3 atom stereocenters. The Bertz CT molecular complexity index is 1560. The van der Waals surface area contributed by atoms with Gasteiger partial charge in [-0.05, 0) is 40.6 Å². The van der Waals surface area contributed by atoms with Gasteiger partial charge >= 0.3 is 6.09 Å². The lowest BCUT2D eigenvalue weighted by molar-refractivity contribution is -0.138. The highest BCUT2D eigenvalue weighted by molar-refractivity contribution is 8.00. The maximum atomic E-state index is 12.9. The number of Topliss-reactive ketones (excluding diaryl/α,β-unsaturated/α-hetero) is 1. The van der Waals surface area contributed by atoms with Crippen LogP contribution in [0.3, 0.4) is 0 Å². The first-order valence-electron chi connectivity index (χ1n) is 14.2. The number of likely N-dealkylation sites (tertiary alicyclic amines) is 1. The Morgan fingerprint density at radius 2 is 1.93 bits per heavy atom. The lowest BCUT2D eigenvalue weighted by atomic mass is 9.97. The van der Waals surface area contributed by atoms with Gasteiger partial charge in [0.15, 0.2) is 5.78 Å². The molecule has 2 aliphatic rings. The van der Waals surface area contributed by atoms with E-state index in [4.69, 9.17) is 4.74 Å². The van der Waals surface area contributed by atoms with E-state index in [1.807, 2.05) is 36.4 Å². The van der Waals surface area contributed by atoms with E-state index in [2.05, 4.69) is 20.6 Å². The van der Waals surface area contributed by atoms with Crippen molar-refractivity contribution in [1.82, 2.24) is 20.2 Å². The number of aromatic amines is 1. The molecule has 12 nitrogen and oxygen atoms in total. The maximum absolute atomic E-state index is 12.9. The van der Waals surface area contributed by atoms with Gasteiger partial charge in [0.2, 0.25) is 17.7 Å². The van der Waals surface area contributed by atoms with Gasteiger partial charge in [-0.1, -0.05) is 30.3 Å². The van der Waals surface area contributed by atoms with E-state index in [1.165, 1.54) is 18.1 Å². The summed E-state index contributed by atoms with van der Waals surface area (Å²) in [7, 11) is 0. The smallest absolute Gasteiger partial charge is 0.407 e. The van der Waals surface area contributed by atoms with Crippen molar-refractivity contribution in [3.8, 4) is 11.1 Å². The summed E-state index contributed by atoms with van der Waals surface area (Å²) in [6, 6.07) is 12.4. The van der Waals surface area contributed by atoms with E-state index in [0.717, 1.165) is 27.2 Å². The van der Waals surface area contributed by atoms with Gasteiger partial charge in [-0.2, -0.15) is 11.8 Å². The molecule has 13 heteroatoms. The van der Waals surface area contributed by atoms with Crippen LogP contribution < -0.4 is 10.6 Å². The van der Waals surface area contributed by atoms with Crippen LogP contribution in [0.25, 0.3) is 11.1 Å². The molecule has 5 rings (SSSR count). The van der Waals surface area contributed by atoms with Crippen molar-refractivity contribution in [3.05, 3.63) is 71.8 Å². The molecule has 3 aromatic rings. The predicted molar refractivity (Wildman–Crippen MR) is 163 cm³/mol. The normalized spacial score (nSPS) is 17.6. The van der Waals surface area contributed by atoms with Crippen molar-refractivity contribution < 1.29 is 33.8 Å². The van der Waals surface area contributed by atoms with Crippen LogP contribution in [-0.2, 0) is 30.3 Å². The summed E-state index contributed by atoms with van der Waals surface area (Å²) in [5.41, 5.74) is 4.93. The average molecular weight is 620 g/mol. The third kappa shape index (κ3) is 6.84. The molecule has 3 unspecified atom stereocenters. The van der Waals surface area contributed by atoms with Crippen LogP contribution in [-0.4, -0.2) is 86.9 Å². The number of fused-ring (bicyclic) bond motifs is 3. The number of aliphatic hydroxyl groups excluding tert-OH is 1. The number of aromatic nitrogens is 2. The third-order valence-electron chi connectivity index (χ3n) is 7.79. The minimum atomic E-state index is -0.905. The molecule has 1 aliphatic heterocycles. The molecule has 4 amide bonds. The van der Waals surface area contributed by atoms with E-state index >= 15 is 0 Å². The number of carbonyl (C=O) groups excluding carboxylic acids is 5. The van der Waals surface area contributed by atoms with Gasteiger partial charge in [0.25, 0.3) is 0 Å². The van der Waals surface area contributed by atoms with Gasteiger partial charge in [-0.3, -0.25) is 24.1 Å². The Hall–Kier alpha value is -4.49. The number of H-pyrrole nitrogens is 1. The van der Waals surface area contributed by atoms with Gasteiger partial charge < -0.3 is 25.5 Å². The lowest BCUT2D eigenvalue weighted by Crippen LogP contribution is -2.43. The highest BCUT2D eigenvalue weighted by Crippen LogP contribution is 2.45. The first kappa shape index (κ1) is 31.0. The highest BCUT2D eigenvalue weighted by Gasteiger charge is 2.38. The Labute approximate surface area is 257 Å². The van der Waals surface area contributed by atoms with Gasteiger partial charge in [-0.15, -0.1) is 0 Å². The van der Waals surface area contributed by atoms with Gasteiger partial charge in [0.05, 0.1) is 24.2 Å². The van der Waals surface area contributed by atoms with Crippen LogP contribution in [0, 0.1) is 0 Å². The van der Waals surface area contributed by atoms with Crippen LogP contribution in [0.4, 0.5) is 10.5 Å². The number of alkyl carbamates (subject to hydrolysis) is 1. The fourth-order valence-corrected chi connectivity index (χ4v) is 6.20. The number of hydrogen-bond donors (Lipinski definition) is 4. The summed E-state index contributed by atoms with van der Waals surface area (Å²) in [5, 5.41) is 14.3. The first-order chi connectivity index (χ1) is 21.3. The van der Waals surface area contributed by atoms with Crippen molar-refractivity contribution >= 4 is 47.0 Å². The van der Waals surface area contributed by atoms with Crippen LogP contribution in [0.1, 0.15) is 42.0 Å². The number of anilines is 1. The second kappa shape index (κ2) is 13.9. The monoisotopic (exact) mass is 619 g/mol. The fourth-order valence-electron chi connectivity index (χ4n) is 5.56. The molecule has 0 radical (unpaired) electrons. The summed E-state index contributed by atoms with van der Waals surface area (Å²) in [6.45, 7) is -0.338. The molecule has 2 aromatic carbocycles. The topological polar surface area (TPSA) is 171 Å². The second-order valence-corrected chi connectivity index (χ2v) is 11.6. The summed E-state index contributed by atoms with van der Waals surface area (Å²) < 4.78 is 5.62.